The number of methoxy groups -OCH3 is 3. The standard InChI is InChI=1S/C26H27N5O6S2/c1-33-16-8-19(17-10-21(37-20(17)9-16)18-11-31-24(29-18)39-25(30-31)35-3)36-12-15-13-38-23(28-15)26(27)6-4-14(5-7-26)22(32)34-2/h8-11,13-14H,4-7,12,27H2,1-3H3. The highest BCUT2D eigenvalue weighted by atomic mass is 32.1. The third-order valence-corrected chi connectivity index (χ3v) is 9.02. The average molecular weight is 570 g/mol. The molecule has 11 nitrogen and oxygen atoms in total. The minimum atomic E-state index is -0.548. The van der Waals surface area contributed by atoms with Crippen LogP contribution in [0.4, 0.5) is 0 Å². The van der Waals surface area contributed by atoms with Gasteiger partial charge in [-0.15, -0.1) is 16.4 Å². The molecule has 4 aromatic heterocycles. The number of imidazole rings is 1. The molecule has 0 unspecified atom stereocenters. The molecule has 2 N–H and O–H groups in total. The van der Waals surface area contributed by atoms with Crippen LogP contribution in [0.25, 0.3) is 27.4 Å². The number of hydrogen-bond donors (Lipinski definition) is 1. The lowest BCUT2D eigenvalue weighted by atomic mass is 9.77. The van der Waals surface area contributed by atoms with Crippen LogP contribution < -0.4 is 19.9 Å². The Morgan fingerprint density at radius 2 is 2.00 bits per heavy atom. The van der Waals surface area contributed by atoms with Crippen LogP contribution in [0.5, 0.6) is 16.7 Å². The number of esters is 1. The van der Waals surface area contributed by atoms with E-state index in [1.54, 1.807) is 24.9 Å². The summed E-state index contributed by atoms with van der Waals surface area (Å²) in [5.41, 5.74) is 8.22. The molecule has 1 fully saturated rings. The van der Waals surface area contributed by atoms with Crippen molar-refractivity contribution in [1.82, 2.24) is 19.6 Å². The minimum Gasteiger partial charge on any atom is -0.496 e. The maximum absolute atomic E-state index is 11.9. The molecule has 0 amide bonds. The lowest BCUT2D eigenvalue weighted by Gasteiger charge is -2.34. The van der Waals surface area contributed by atoms with Crippen LogP contribution in [-0.4, -0.2) is 46.9 Å². The fourth-order valence-corrected chi connectivity index (χ4v) is 6.51. The predicted octanol–water partition coefficient (Wildman–Crippen LogP) is 4.77. The molecule has 13 heteroatoms. The third-order valence-electron chi connectivity index (χ3n) is 7.03. The van der Waals surface area contributed by atoms with Gasteiger partial charge in [0.15, 0.2) is 5.76 Å². The van der Waals surface area contributed by atoms with Crippen molar-refractivity contribution in [2.75, 3.05) is 21.3 Å². The number of ether oxygens (including phenoxy) is 4. The van der Waals surface area contributed by atoms with Gasteiger partial charge in [-0.3, -0.25) is 4.79 Å². The second-order valence-electron chi connectivity index (χ2n) is 9.46. The van der Waals surface area contributed by atoms with Gasteiger partial charge < -0.3 is 29.1 Å². The number of fused-ring (bicyclic) bond motifs is 2. The topological polar surface area (TPSA) is 136 Å². The second kappa shape index (κ2) is 10.1. The first-order valence-corrected chi connectivity index (χ1v) is 14.1. The number of carbonyl (C=O) groups excluding carboxylic acids is 1. The highest BCUT2D eigenvalue weighted by Crippen LogP contribution is 2.40. The van der Waals surface area contributed by atoms with Gasteiger partial charge >= 0.3 is 5.97 Å². The normalized spacial score (nSPS) is 19.4. The van der Waals surface area contributed by atoms with Crippen molar-refractivity contribution < 1.29 is 28.2 Å². The van der Waals surface area contributed by atoms with Crippen molar-refractivity contribution in [3.8, 4) is 28.1 Å². The summed E-state index contributed by atoms with van der Waals surface area (Å²) in [5, 5.41) is 8.47. The van der Waals surface area contributed by atoms with Gasteiger partial charge in [-0.25, -0.2) is 14.5 Å². The van der Waals surface area contributed by atoms with Crippen LogP contribution in [0.2, 0.25) is 0 Å². The van der Waals surface area contributed by atoms with Crippen molar-refractivity contribution in [3.63, 3.8) is 0 Å². The first-order chi connectivity index (χ1) is 18.9. The van der Waals surface area contributed by atoms with Crippen LogP contribution in [0.3, 0.4) is 0 Å². The summed E-state index contributed by atoms with van der Waals surface area (Å²) in [6, 6.07) is 5.54. The molecule has 0 bridgehead atoms. The fraction of sp³-hybridized carbons (Fsp3) is 0.385. The summed E-state index contributed by atoms with van der Waals surface area (Å²) in [5.74, 6) is 1.54. The summed E-state index contributed by atoms with van der Waals surface area (Å²) >= 11 is 2.87. The van der Waals surface area contributed by atoms with Crippen molar-refractivity contribution >= 4 is 44.6 Å². The van der Waals surface area contributed by atoms with Crippen LogP contribution in [-0.2, 0) is 21.7 Å². The van der Waals surface area contributed by atoms with Gasteiger partial charge in [-0.1, -0.05) is 0 Å². The van der Waals surface area contributed by atoms with Crippen molar-refractivity contribution in [3.05, 3.63) is 40.5 Å². The average Bonchev–Trinajstić information content (AvgIpc) is 3.74. The summed E-state index contributed by atoms with van der Waals surface area (Å²) in [7, 11) is 4.60. The number of nitrogens with zero attached hydrogens (tertiary/aromatic N) is 4. The molecule has 1 aromatic carbocycles. The Bertz CT molecular complexity index is 1610. The number of rotatable bonds is 8. The smallest absolute Gasteiger partial charge is 0.308 e. The Kier molecular flexibility index (Phi) is 6.65. The highest BCUT2D eigenvalue weighted by molar-refractivity contribution is 7.18. The molecule has 0 saturated heterocycles. The summed E-state index contributed by atoms with van der Waals surface area (Å²) in [6.07, 6.45) is 4.54. The van der Waals surface area contributed by atoms with Gasteiger partial charge in [0.1, 0.15) is 34.4 Å². The lowest BCUT2D eigenvalue weighted by Crippen LogP contribution is -2.41. The maximum Gasteiger partial charge on any atom is 0.308 e. The zero-order chi connectivity index (χ0) is 27.1. The summed E-state index contributed by atoms with van der Waals surface area (Å²) in [4.78, 5) is 22.0. The number of nitrogens with two attached hydrogens (primary N) is 1. The molecule has 0 spiro atoms. The summed E-state index contributed by atoms with van der Waals surface area (Å²) in [6.45, 7) is 0.254. The van der Waals surface area contributed by atoms with E-state index in [-0.39, 0.29) is 18.5 Å². The molecular formula is C26H27N5O6S2. The Hall–Kier alpha value is -3.68. The minimum absolute atomic E-state index is 0.0951. The van der Waals surface area contributed by atoms with Gasteiger partial charge in [0.05, 0.1) is 50.1 Å². The zero-order valence-corrected chi connectivity index (χ0v) is 23.3. The molecule has 4 heterocycles. The van der Waals surface area contributed by atoms with E-state index in [0.717, 1.165) is 16.1 Å². The molecule has 6 rings (SSSR count). The van der Waals surface area contributed by atoms with Gasteiger partial charge in [0.2, 0.25) is 4.96 Å². The third kappa shape index (κ3) is 4.81. The number of furan rings is 1. The Balaban J connectivity index is 1.21. The fourth-order valence-electron chi connectivity index (χ4n) is 4.83. The van der Waals surface area contributed by atoms with Crippen LogP contribution in [0.15, 0.2) is 34.2 Å². The molecule has 1 aliphatic carbocycles. The van der Waals surface area contributed by atoms with Crippen molar-refractivity contribution in [1.29, 1.82) is 0 Å². The number of aromatic nitrogens is 4. The van der Waals surface area contributed by atoms with E-state index < -0.39 is 5.54 Å². The SMILES string of the molecule is COC(=O)C1CCC(N)(c2nc(COc3cc(OC)cc4oc(-c5cn6nc(OC)sc6n5)cc34)cs2)CC1. The van der Waals surface area contributed by atoms with Crippen LogP contribution in [0, 0.1) is 5.92 Å². The predicted molar refractivity (Wildman–Crippen MR) is 145 cm³/mol. The molecule has 1 saturated carbocycles. The maximum atomic E-state index is 11.9. The lowest BCUT2D eigenvalue weighted by molar-refractivity contribution is -0.146. The number of benzene rings is 1. The van der Waals surface area contributed by atoms with Crippen LogP contribution in [0.1, 0.15) is 36.4 Å². The quantitative estimate of drug-likeness (QED) is 0.260. The first-order valence-electron chi connectivity index (χ1n) is 12.4. The van der Waals surface area contributed by atoms with Crippen LogP contribution >= 0.6 is 22.7 Å². The van der Waals surface area contributed by atoms with E-state index in [9.17, 15) is 4.79 Å². The van der Waals surface area contributed by atoms with Crippen molar-refractivity contribution in [2.45, 2.75) is 37.8 Å². The Morgan fingerprint density at radius 3 is 2.72 bits per heavy atom. The van der Waals surface area contributed by atoms with Crippen molar-refractivity contribution in [2.24, 2.45) is 11.7 Å². The summed E-state index contributed by atoms with van der Waals surface area (Å²) < 4.78 is 29.6. The first kappa shape index (κ1) is 25.6. The van der Waals surface area contributed by atoms with Gasteiger partial charge in [0.25, 0.3) is 5.19 Å². The second-order valence-corrected chi connectivity index (χ2v) is 11.2. The largest absolute Gasteiger partial charge is 0.496 e. The molecule has 1 aliphatic rings. The van der Waals surface area contributed by atoms with E-state index in [1.165, 1.54) is 29.8 Å². The highest BCUT2D eigenvalue weighted by Gasteiger charge is 2.38. The zero-order valence-electron chi connectivity index (χ0n) is 21.6. The van der Waals surface area contributed by atoms with Gasteiger partial charge in [0, 0.05) is 17.5 Å². The number of hydrogen-bond acceptors (Lipinski definition) is 12. The molecule has 5 aromatic rings. The molecule has 39 heavy (non-hydrogen) atoms. The molecule has 0 atom stereocenters. The number of carbonyl (C=O) groups is 1. The monoisotopic (exact) mass is 569 g/mol. The van der Waals surface area contributed by atoms with E-state index in [0.29, 0.717) is 64.4 Å². The molecule has 204 valence electrons. The molecule has 0 radical (unpaired) electrons. The Labute approximate surface area is 231 Å². The molecular weight excluding hydrogens is 542 g/mol. The van der Waals surface area contributed by atoms with E-state index >= 15 is 0 Å². The van der Waals surface area contributed by atoms with E-state index in [1.807, 2.05) is 23.6 Å². The van der Waals surface area contributed by atoms with E-state index in [2.05, 4.69) is 10.1 Å². The Morgan fingerprint density at radius 1 is 1.18 bits per heavy atom. The van der Waals surface area contributed by atoms with Gasteiger partial charge in [-0.2, -0.15) is 0 Å². The van der Waals surface area contributed by atoms with E-state index in [4.69, 9.17) is 34.1 Å². The number of thiazole rings is 1. The van der Waals surface area contributed by atoms with Gasteiger partial charge in [-0.05, 0) is 43.1 Å². The molecule has 0 aliphatic heterocycles.